The maximum Gasteiger partial charge on any atom is 0.125 e. The summed E-state index contributed by atoms with van der Waals surface area (Å²) in [5.74, 6) is 1.63. The average Bonchev–Trinajstić information content (AvgIpc) is 2.46. The molecule has 1 unspecified atom stereocenters. The zero-order valence-electron chi connectivity index (χ0n) is 11.6. The van der Waals surface area contributed by atoms with E-state index < -0.39 is 0 Å². The molecule has 0 fully saturated rings. The Hall–Kier alpha value is -1.52. The first kappa shape index (κ1) is 14.9. The topological polar surface area (TPSA) is 44.5 Å². The Morgan fingerprint density at radius 3 is 2.60 bits per heavy atom. The van der Waals surface area contributed by atoms with Gasteiger partial charge in [-0.05, 0) is 31.2 Å². The van der Waals surface area contributed by atoms with Crippen LogP contribution in [0.1, 0.15) is 24.1 Å². The smallest absolute Gasteiger partial charge is 0.125 e. The molecule has 0 heterocycles. The third-order valence-corrected chi connectivity index (χ3v) is 3.53. The van der Waals surface area contributed by atoms with E-state index in [2.05, 4.69) is 15.9 Å². The molecule has 20 heavy (non-hydrogen) atoms. The van der Waals surface area contributed by atoms with Crippen LogP contribution >= 0.6 is 15.9 Å². The Balaban J connectivity index is 2.19. The van der Waals surface area contributed by atoms with E-state index in [1.54, 1.807) is 7.11 Å². The maximum absolute atomic E-state index is 5.98. The minimum absolute atomic E-state index is 0.0832. The van der Waals surface area contributed by atoms with E-state index in [0.29, 0.717) is 6.61 Å². The zero-order valence-corrected chi connectivity index (χ0v) is 13.2. The van der Waals surface area contributed by atoms with Gasteiger partial charge in [-0.3, -0.25) is 0 Å². The van der Waals surface area contributed by atoms with Crippen molar-refractivity contribution in [3.8, 4) is 11.5 Å². The van der Waals surface area contributed by atoms with Gasteiger partial charge < -0.3 is 15.2 Å². The third-order valence-electron chi connectivity index (χ3n) is 3.04. The van der Waals surface area contributed by atoms with E-state index >= 15 is 0 Å². The van der Waals surface area contributed by atoms with E-state index in [9.17, 15) is 0 Å². The molecule has 0 aliphatic heterocycles. The number of methoxy groups -OCH3 is 1. The number of ether oxygens (including phenoxy) is 2. The van der Waals surface area contributed by atoms with Gasteiger partial charge in [-0.2, -0.15) is 0 Å². The van der Waals surface area contributed by atoms with Crippen LogP contribution in [0.4, 0.5) is 0 Å². The number of halogens is 1. The summed E-state index contributed by atoms with van der Waals surface area (Å²) in [5, 5.41) is 0. The molecule has 0 saturated carbocycles. The van der Waals surface area contributed by atoms with Crippen molar-refractivity contribution in [3.63, 3.8) is 0 Å². The van der Waals surface area contributed by atoms with Crippen molar-refractivity contribution >= 4 is 15.9 Å². The molecular weight excluding hydrogens is 318 g/mol. The molecule has 0 radical (unpaired) electrons. The highest BCUT2D eigenvalue weighted by molar-refractivity contribution is 9.10. The van der Waals surface area contributed by atoms with Crippen LogP contribution in [0.5, 0.6) is 11.5 Å². The lowest BCUT2D eigenvalue weighted by Gasteiger charge is -2.15. The quantitative estimate of drug-likeness (QED) is 0.896. The van der Waals surface area contributed by atoms with Gasteiger partial charge in [0.25, 0.3) is 0 Å². The van der Waals surface area contributed by atoms with Crippen LogP contribution in [0.2, 0.25) is 0 Å². The molecule has 4 heteroatoms. The predicted molar refractivity (Wildman–Crippen MR) is 84.1 cm³/mol. The normalized spacial score (nSPS) is 12.0. The number of hydrogen-bond acceptors (Lipinski definition) is 3. The monoisotopic (exact) mass is 335 g/mol. The van der Waals surface area contributed by atoms with Crippen molar-refractivity contribution in [3.05, 3.63) is 58.1 Å². The van der Waals surface area contributed by atoms with Crippen molar-refractivity contribution in [2.24, 2.45) is 5.73 Å². The molecule has 106 valence electrons. The Bertz CT molecular complexity index is 584. The average molecular weight is 336 g/mol. The SMILES string of the molecule is COc1ccccc1COc1ccc(Br)cc1C(C)N. The lowest BCUT2D eigenvalue weighted by molar-refractivity contribution is 0.292. The van der Waals surface area contributed by atoms with Gasteiger partial charge in [0.05, 0.1) is 7.11 Å². The van der Waals surface area contributed by atoms with Gasteiger partial charge in [-0.15, -0.1) is 0 Å². The van der Waals surface area contributed by atoms with Gasteiger partial charge in [0.1, 0.15) is 18.1 Å². The lowest BCUT2D eigenvalue weighted by atomic mass is 10.1. The van der Waals surface area contributed by atoms with Gasteiger partial charge in [-0.25, -0.2) is 0 Å². The van der Waals surface area contributed by atoms with E-state index in [0.717, 1.165) is 27.1 Å². The van der Waals surface area contributed by atoms with Crippen molar-refractivity contribution in [1.82, 2.24) is 0 Å². The second-order valence-electron chi connectivity index (χ2n) is 4.57. The summed E-state index contributed by atoms with van der Waals surface area (Å²) in [6.07, 6.45) is 0. The highest BCUT2D eigenvalue weighted by atomic mass is 79.9. The highest BCUT2D eigenvalue weighted by Crippen LogP contribution is 2.29. The van der Waals surface area contributed by atoms with Crippen LogP contribution in [0, 0.1) is 0 Å². The number of hydrogen-bond donors (Lipinski definition) is 1. The third kappa shape index (κ3) is 3.52. The fourth-order valence-electron chi connectivity index (χ4n) is 1.98. The van der Waals surface area contributed by atoms with Crippen LogP contribution in [-0.2, 0) is 6.61 Å². The van der Waals surface area contributed by atoms with E-state index in [1.165, 1.54) is 0 Å². The maximum atomic E-state index is 5.98. The van der Waals surface area contributed by atoms with Crippen LogP contribution < -0.4 is 15.2 Å². The molecular formula is C16H18BrNO2. The summed E-state index contributed by atoms with van der Waals surface area (Å²) in [4.78, 5) is 0. The Labute approximate surface area is 127 Å². The molecule has 2 rings (SSSR count). The first-order chi connectivity index (χ1) is 9.61. The summed E-state index contributed by atoms with van der Waals surface area (Å²) in [6.45, 7) is 2.39. The number of nitrogens with two attached hydrogens (primary N) is 1. The highest BCUT2D eigenvalue weighted by Gasteiger charge is 2.10. The van der Waals surface area contributed by atoms with Gasteiger partial charge in [0, 0.05) is 21.6 Å². The van der Waals surface area contributed by atoms with Crippen molar-refractivity contribution in [2.45, 2.75) is 19.6 Å². The van der Waals surface area contributed by atoms with Crippen LogP contribution in [0.15, 0.2) is 46.9 Å². The number of benzene rings is 2. The summed E-state index contributed by atoms with van der Waals surface area (Å²) >= 11 is 3.45. The largest absolute Gasteiger partial charge is 0.496 e. The first-order valence-corrected chi connectivity index (χ1v) is 7.21. The fraction of sp³-hybridized carbons (Fsp3) is 0.250. The van der Waals surface area contributed by atoms with E-state index in [-0.39, 0.29) is 6.04 Å². The minimum atomic E-state index is -0.0832. The molecule has 1 atom stereocenters. The molecule has 0 amide bonds. The van der Waals surface area contributed by atoms with Crippen LogP contribution in [-0.4, -0.2) is 7.11 Å². The number of para-hydroxylation sites is 1. The van der Waals surface area contributed by atoms with Gasteiger partial charge >= 0.3 is 0 Å². The molecule has 0 aliphatic carbocycles. The molecule has 0 bridgehead atoms. The molecule has 3 nitrogen and oxygen atoms in total. The van der Waals surface area contributed by atoms with Crippen molar-refractivity contribution < 1.29 is 9.47 Å². The Morgan fingerprint density at radius 1 is 1.15 bits per heavy atom. The molecule has 2 N–H and O–H groups in total. The number of rotatable bonds is 5. The summed E-state index contributed by atoms with van der Waals surface area (Å²) < 4.78 is 12.2. The van der Waals surface area contributed by atoms with Crippen molar-refractivity contribution in [2.75, 3.05) is 7.11 Å². The van der Waals surface area contributed by atoms with Crippen LogP contribution in [0.25, 0.3) is 0 Å². The van der Waals surface area contributed by atoms with Gasteiger partial charge in [0.2, 0.25) is 0 Å². The Kier molecular flexibility index (Phi) is 5.04. The molecule has 0 spiro atoms. The predicted octanol–water partition coefficient (Wildman–Crippen LogP) is 4.06. The molecule has 0 saturated heterocycles. The van der Waals surface area contributed by atoms with Gasteiger partial charge in [0.15, 0.2) is 0 Å². The molecule has 0 aromatic heterocycles. The standard InChI is InChI=1S/C16H18BrNO2/c1-11(18)14-9-13(17)7-8-16(14)20-10-12-5-3-4-6-15(12)19-2/h3-9,11H,10,18H2,1-2H3. The lowest BCUT2D eigenvalue weighted by Crippen LogP contribution is -2.08. The van der Waals surface area contributed by atoms with E-state index in [4.69, 9.17) is 15.2 Å². The van der Waals surface area contributed by atoms with Crippen LogP contribution in [0.3, 0.4) is 0 Å². The zero-order chi connectivity index (χ0) is 14.5. The summed E-state index contributed by atoms with van der Waals surface area (Å²) in [6, 6.07) is 13.6. The Morgan fingerprint density at radius 2 is 1.90 bits per heavy atom. The summed E-state index contributed by atoms with van der Waals surface area (Å²) in [5.41, 5.74) is 7.97. The second kappa shape index (κ2) is 6.77. The fourth-order valence-corrected chi connectivity index (χ4v) is 2.36. The molecule has 0 aliphatic rings. The molecule has 2 aromatic carbocycles. The summed E-state index contributed by atoms with van der Waals surface area (Å²) in [7, 11) is 1.66. The first-order valence-electron chi connectivity index (χ1n) is 6.41. The molecule has 2 aromatic rings. The van der Waals surface area contributed by atoms with E-state index in [1.807, 2.05) is 49.4 Å². The van der Waals surface area contributed by atoms with Crippen molar-refractivity contribution in [1.29, 1.82) is 0 Å². The van der Waals surface area contributed by atoms with Gasteiger partial charge in [-0.1, -0.05) is 34.1 Å². The second-order valence-corrected chi connectivity index (χ2v) is 5.49. The minimum Gasteiger partial charge on any atom is -0.496 e.